The highest BCUT2D eigenvalue weighted by Crippen LogP contribution is 2.39. The van der Waals surface area contributed by atoms with Gasteiger partial charge in [-0.05, 0) is 26.3 Å². The summed E-state index contributed by atoms with van der Waals surface area (Å²) >= 11 is 6.26. The number of halogens is 1. The first-order chi connectivity index (χ1) is 9.01. The maximum atomic E-state index is 12.1. The summed E-state index contributed by atoms with van der Waals surface area (Å²) in [6.45, 7) is 6.97. The van der Waals surface area contributed by atoms with Crippen LogP contribution < -0.4 is 0 Å². The second-order valence-corrected chi connectivity index (χ2v) is 5.76. The molecule has 1 aromatic rings. The van der Waals surface area contributed by atoms with E-state index in [0.29, 0.717) is 13.2 Å². The molecule has 0 aliphatic carbocycles. The van der Waals surface area contributed by atoms with Crippen LogP contribution in [0.4, 0.5) is 0 Å². The number of carbonyl (C=O) groups excluding carboxylic acids is 1. The summed E-state index contributed by atoms with van der Waals surface area (Å²) in [5.74, 6) is 0.0356. The predicted octanol–water partition coefficient (Wildman–Crippen LogP) is 2.82. The minimum Gasteiger partial charge on any atom is -0.361 e. The Kier molecular flexibility index (Phi) is 4.16. The highest BCUT2D eigenvalue weighted by molar-refractivity contribution is 6.22. The van der Waals surface area contributed by atoms with Crippen molar-refractivity contribution >= 4 is 17.5 Å². The zero-order chi connectivity index (χ0) is 14.0. The number of hydrogen-bond donors (Lipinski definition) is 0. The zero-order valence-corrected chi connectivity index (χ0v) is 12.4. The van der Waals surface area contributed by atoms with Crippen LogP contribution in [-0.2, 0) is 16.1 Å². The molecule has 1 aromatic carbocycles. The van der Waals surface area contributed by atoms with E-state index in [1.165, 1.54) is 0 Å². The van der Waals surface area contributed by atoms with Gasteiger partial charge < -0.3 is 9.64 Å². The van der Waals surface area contributed by atoms with Crippen molar-refractivity contribution in [1.29, 1.82) is 0 Å². The van der Waals surface area contributed by atoms with E-state index in [0.717, 1.165) is 5.56 Å². The van der Waals surface area contributed by atoms with E-state index in [1.54, 1.807) is 4.90 Å². The predicted molar refractivity (Wildman–Crippen MR) is 76.1 cm³/mol. The van der Waals surface area contributed by atoms with Crippen LogP contribution in [0.3, 0.4) is 0 Å². The van der Waals surface area contributed by atoms with Crippen molar-refractivity contribution in [2.75, 3.05) is 6.54 Å². The quantitative estimate of drug-likeness (QED) is 0.613. The molecule has 19 heavy (non-hydrogen) atoms. The van der Waals surface area contributed by atoms with Crippen LogP contribution in [-0.4, -0.2) is 34.4 Å². The summed E-state index contributed by atoms with van der Waals surface area (Å²) in [7, 11) is 0. The van der Waals surface area contributed by atoms with Crippen LogP contribution in [0, 0.1) is 0 Å². The number of alkyl halides is 1. The number of ether oxygens (including phenoxy) is 1. The van der Waals surface area contributed by atoms with E-state index in [-0.39, 0.29) is 11.3 Å². The molecule has 104 valence electrons. The van der Waals surface area contributed by atoms with Gasteiger partial charge in [0.25, 0.3) is 5.91 Å². The molecule has 0 aromatic heterocycles. The summed E-state index contributed by atoms with van der Waals surface area (Å²) in [6, 6.07) is 9.86. The van der Waals surface area contributed by atoms with E-state index < -0.39 is 11.6 Å². The van der Waals surface area contributed by atoms with E-state index in [4.69, 9.17) is 16.3 Å². The van der Waals surface area contributed by atoms with Crippen molar-refractivity contribution in [3.8, 4) is 0 Å². The van der Waals surface area contributed by atoms with Crippen molar-refractivity contribution in [3.63, 3.8) is 0 Å². The summed E-state index contributed by atoms with van der Waals surface area (Å²) < 4.78 is 5.81. The van der Waals surface area contributed by atoms with Gasteiger partial charge in [0.1, 0.15) is 0 Å². The van der Waals surface area contributed by atoms with Crippen LogP contribution in [0.15, 0.2) is 30.3 Å². The first-order valence-electron chi connectivity index (χ1n) is 6.62. The summed E-state index contributed by atoms with van der Waals surface area (Å²) in [4.78, 5) is 13.9. The Hall–Kier alpha value is -1.06. The van der Waals surface area contributed by atoms with Crippen LogP contribution >= 0.6 is 11.6 Å². The Balaban J connectivity index is 2.05. The average molecular weight is 282 g/mol. The number of likely N-dealkylation sites (N-methyl/N-ethyl adjacent to an activating group) is 1. The fourth-order valence-electron chi connectivity index (χ4n) is 2.62. The average Bonchev–Trinajstić information content (AvgIpc) is 2.40. The third-order valence-corrected chi connectivity index (χ3v) is 4.43. The SMILES string of the molecule is CCN1C(=O)[C@@H](OCc2ccccc2)[C@@]1(C)[C@H](C)Cl. The number of likely N-dealkylation sites (tertiary alicyclic amines) is 1. The second kappa shape index (κ2) is 5.51. The van der Waals surface area contributed by atoms with Crippen LogP contribution in [0.5, 0.6) is 0 Å². The third-order valence-electron chi connectivity index (χ3n) is 3.98. The fourth-order valence-corrected chi connectivity index (χ4v) is 2.85. The standard InChI is InChI=1S/C15H20ClNO2/c1-4-17-14(18)13(15(17,3)11(2)16)19-10-12-8-6-5-7-9-12/h5-9,11,13H,4,10H2,1-3H3/t11-,13+,15+/m0/s1. The monoisotopic (exact) mass is 281 g/mol. The van der Waals surface area contributed by atoms with Gasteiger partial charge in [-0.3, -0.25) is 4.79 Å². The lowest BCUT2D eigenvalue weighted by Crippen LogP contribution is -2.76. The lowest BCUT2D eigenvalue weighted by molar-refractivity contribution is -0.193. The van der Waals surface area contributed by atoms with Gasteiger partial charge in [0, 0.05) is 6.54 Å². The number of nitrogens with zero attached hydrogens (tertiary/aromatic N) is 1. The van der Waals surface area contributed by atoms with Gasteiger partial charge in [-0.2, -0.15) is 0 Å². The Bertz CT molecular complexity index is 449. The first kappa shape index (κ1) is 14.4. The maximum absolute atomic E-state index is 12.1. The third kappa shape index (κ3) is 2.37. The lowest BCUT2D eigenvalue weighted by Gasteiger charge is -2.56. The lowest BCUT2D eigenvalue weighted by atomic mass is 9.79. The topological polar surface area (TPSA) is 29.5 Å². The molecule has 0 unspecified atom stereocenters. The number of carbonyl (C=O) groups is 1. The van der Waals surface area contributed by atoms with Crippen molar-refractivity contribution in [1.82, 2.24) is 4.90 Å². The van der Waals surface area contributed by atoms with Crippen molar-refractivity contribution in [2.24, 2.45) is 0 Å². The molecular weight excluding hydrogens is 262 g/mol. The van der Waals surface area contributed by atoms with Crippen molar-refractivity contribution < 1.29 is 9.53 Å². The number of amides is 1. The highest BCUT2D eigenvalue weighted by atomic mass is 35.5. The van der Waals surface area contributed by atoms with Gasteiger partial charge in [-0.15, -0.1) is 11.6 Å². The molecule has 1 saturated heterocycles. The van der Waals surface area contributed by atoms with Gasteiger partial charge in [0.15, 0.2) is 6.10 Å². The second-order valence-electron chi connectivity index (χ2n) is 5.10. The van der Waals surface area contributed by atoms with Crippen LogP contribution in [0.2, 0.25) is 0 Å². The Morgan fingerprint density at radius 3 is 2.58 bits per heavy atom. The van der Waals surface area contributed by atoms with Gasteiger partial charge in [0.2, 0.25) is 0 Å². The summed E-state index contributed by atoms with van der Waals surface area (Å²) in [5.41, 5.74) is 0.650. The molecule has 0 N–H and O–H groups in total. The normalized spacial score (nSPS) is 28.1. The molecule has 4 heteroatoms. The molecule has 3 atom stereocenters. The molecular formula is C15H20ClNO2. The minimum atomic E-state index is -0.444. The molecule has 1 amide bonds. The number of β-lactam (4-membered cyclic amide) rings is 1. The molecule has 0 saturated carbocycles. The molecule has 3 nitrogen and oxygen atoms in total. The van der Waals surface area contributed by atoms with Crippen LogP contribution in [0.1, 0.15) is 26.3 Å². The Morgan fingerprint density at radius 2 is 2.05 bits per heavy atom. The number of hydrogen-bond acceptors (Lipinski definition) is 2. The molecule has 1 fully saturated rings. The molecule has 1 heterocycles. The first-order valence-corrected chi connectivity index (χ1v) is 7.06. The van der Waals surface area contributed by atoms with E-state index >= 15 is 0 Å². The number of benzene rings is 1. The molecule has 1 aliphatic heterocycles. The van der Waals surface area contributed by atoms with Crippen molar-refractivity contribution in [3.05, 3.63) is 35.9 Å². The Morgan fingerprint density at radius 1 is 1.42 bits per heavy atom. The van der Waals surface area contributed by atoms with Gasteiger partial charge in [-0.1, -0.05) is 30.3 Å². The molecule has 0 spiro atoms. The Labute approximate surface area is 119 Å². The van der Waals surface area contributed by atoms with Gasteiger partial charge in [-0.25, -0.2) is 0 Å². The molecule has 1 aliphatic rings. The summed E-state index contributed by atoms with van der Waals surface area (Å²) in [6.07, 6.45) is -0.444. The van der Waals surface area contributed by atoms with E-state index in [9.17, 15) is 4.79 Å². The zero-order valence-electron chi connectivity index (χ0n) is 11.6. The van der Waals surface area contributed by atoms with Crippen LogP contribution in [0.25, 0.3) is 0 Å². The van der Waals surface area contributed by atoms with Gasteiger partial charge >= 0.3 is 0 Å². The fraction of sp³-hybridized carbons (Fsp3) is 0.533. The van der Waals surface area contributed by atoms with Gasteiger partial charge in [0.05, 0.1) is 17.5 Å². The maximum Gasteiger partial charge on any atom is 0.254 e. The molecule has 0 bridgehead atoms. The van der Waals surface area contributed by atoms with Crippen molar-refractivity contribution in [2.45, 2.75) is 44.4 Å². The molecule has 0 radical (unpaired) electrons. The largest absolute Gasteiger partial charge is 0.361 e. The van der Waals surface area contributed by atoms with E-state index in [2.05, 4.69) is 0 Å². The number of rotatable bonds is 5. The minimum absolute atomic E-state index is 0.0356. The summed E-state index contributed by atoms with van der Waals surface area (Å²) in [5, 5.41) is -0.147. The highest BCUT2D eigenvalue weighted by Gasteiger charge is 2.59. The smallest absolute Gasteiger partial charge is 0.254 e. The molecule has 2 rings (SSSR count). The van der Waals surface area contributed by atoms with E-state index in [1.807, 2.05) is 51.1 Å².